The van der Waals surface area contributed by atoms with Gasteiger partial charge in [0.1, 0.15) is 22.9 Å². The van der Waals surface area contributed by atoms with Crippen molar-refractivity contribution in [2.75, 3.05) is 14.2 Å². The molecule has 0 aliphatic carbocycles. The van der Waals surface area contributed by atoms with Crippen LogP contribution in [0.15, 0.2) is 47.4 Å². The molecule has 0 aliphatic rings. The van der Waals surface area contributed by atoms with E-state index in [-0.39, 0.29) is 16.0 Å². The standard InChI is InChI=1S/C22H28N4O5S/c1-14-20(23-25-26(14)18-13-16(30-5)9-12-19(18)31-6)21(27)24-32(28,29)17-10-7-15(8-11-17)22(2,3)4/h7-13,21,24,27H,1-6H3. The molecule has 0 spiro atoms. The van der Waals surface area contributed by atoms with Gasteiger partial charge >= 0.3 is 0 Å². The fourth-order valence-corrected chi connectivity index (χ4v) is 4.23. The van der Waals surface area contributed by atoms with E-state index in [9.17, 15) is 13.5 Å². The van der Waals surface area contributed by atoms with Gasteiger partial charge in [-0.1, -0.05) is 38.1 Å². The Labute approximate surface area is 188 Å². The van der Waals surface area contributed by atoms with Crippen LogP contribution in [0.3, 0.4) is 0 Å². The van der Waals surface area contributed by atoms with Crippen LogP contribution in [0.1, 0.15) is 44.0 Å². The zero-order chi connectivity index (χ0) is 23.7. The number of nitrogens with zero attached hydrogens (tertiary/aromatic N) is 3. The third-order valence-electron chi connectivity index (χ3n) is 5.10. The fourth-order valence-electron chi connectivity index (χ4n) is 3.19. The molecule has 1 atom stereocenters. The lowest BCUT2D eigenvalue weighted by molar-refractivity contribution is 0.161. The molecule has 1 unspecified atom stereocenters. The van der Waals surface area contributed by atoms with E-state index in [0.29, 0.717) is 22.9 Å². The van der Waals surface area contributed by atoms with Gasteiger partial charge in [0.15, 0.2) is 6.23 Å². The lowest BCUT2D eigenvalue weighted by Gasteiger charge is -2.19. The van der Waals surface area contributed by atoms with Crippen LogP contribution in [0.2, 0.25) is 0 Å². The van der Waals surface area contributed by atoms with E-state index >= 15 is 0 Å². The highest BCUT2D eigenvalue weighted by Gasteiger charge is 2.26. The van der Waals surface area contributed by atoms with Gasteiger partial charge in [0, 0.05) is 6.07 Å². The van der Waals surface area contributed by atoms with Crippen molar-refractivity contribution in [2.24, 2.45) is 0 Å². The topological polar surface area (TPSA) is 116 Å². The Morgan fingerprint density at radius 1 is 1.06 bits per heavy atom. The van der Waals surface area contributed by atoms with Gasteiger partial charge in [0.05, 0.1) is 24.8 Å². The summed E-state index contributed by atoms with van der Waals surface area (Å²) in [4.78, 5) is 0.0454. The molecule has 0 radical (unpaired) electrons. The number of aromatic nitrogens is 3. The Hall–Kier alpha value is -2.95. The van der Waals surface area contributed by atoms with Gasteiger partial charge in [-0.3, -0.25) is 0 Å². The molecule has 1 aromatic heterocycles. The molecule has 0 amide bonds. The van der Waals surface area contributed by atoms with Gasteiger partial charge in [0.25, 0.3) is 0 Å². The fraction of sp³-hybridized carbons (Fsp3) is 0.364. The van der Waals surface area contributed by atoms with Crippen LogP contribution in [-0.2, 0) is 15.4 Å². The number of sulfonamides is 1. The average Bonchev–Trinajstić information content (AvgIpc) is 3.13. The first-order valence-electron chi connectivity index (χ1n) is 9.93. The molecular weight excluding hydrogens is 432 g/mol. The van der Waals surface area contributed by atoms with Gasteiger partial charge < -0.3 is 14.6 Å². The number of rotatable bonds is 7. The number of aliphatic hydroxyl groups excluding tert-OH is 1. The van der Waals surface area contributed by atoms with Crippen molar-refractivity contribution in [1.82, 2.24) is 19.7 Å². The molecule has 32 heavy (non-hydrogen) atoms. The highest BCUT2D eigenvalue weighted by Crippen LogP contribution is 2.29. The number of nitrogens with one attached hydrogen (secondary N) is 1. The van der Waals surface area contributed by atoms with Crippen LogP contribution < -0.4 is 14.2 Å². The molecule has 2 N–H and O–H groups in total. The summed E-state index contributed by atoms with van der Waals surface area (Å²) in [6.45, 7) is 7.80. The lowest BCUT2D eigenvalue weighted by Crippen LogP contribution is -2.29. The summed E-state index contributed by atoms with van der Waals surface area (Å²) >= 11 is 0. The molecule has 1 heterocycles. The third-order valence-corrected chi connectivity index (χ3v) is 6.53. The van der Waals surface area contributed by atoms with E-state index in [4.69, 9.17) is 9.47 Å². The monoisotopic (exact) mass is 460 g/mol. The number of benzene rings is 2. The predicted octanol–water partition coefficient (Wildman–Crippen LogP) is 2.86. The summed E-state index contributed by atoms with van der Waals surface area (Å²) in [5.41, 5.74) is 1.95. The molecule has 9 nitrogen and oxygen atoms in total. The van der Waals surface area contributed by atoms with Crippen LogP contribution in [0.4, 0.5) is 0 Å². The van der Waals surface area contributed by atoms with E-state index < -0.39 is 16.3 Å². The molecule has 3 aromatic rings. The van der Waals surface area contributed by atoms with Crippen molar-refractivity contribution in [3.05, 3.63) is 59.4 Å². The summed E-state index contributed by atoms with van der Waals surface area (Å²) < 4.78 is 39.9. The Morgan fingerprint density at radius 3 is 2.28 bits per heavy atom. The number of aliphatic hydroxyl groups is 1. The minimum absolute atomic E-state index is 0.0454. The number of ether oxygens (including phenoxy) is 2. The Balaban J connectivity index is 1.88. The zero-order valence-corrected chi connectivity index (χ0v) is 19.8. The van der Waals surface area contributed by atoms with Crippen LogP contribution in [0.25, 0.3) is 5.69 Å². The van der Waals surface area contributed by atoms with Crippen molar-refractivity contribution in [3.8, 4) is 17.2 Å². The SMILES string of the molecule is COc1ccc(OC)c(-n2nnc(C(O)NS(=O)(=O)c3ccc(C(C)(C)C)cc3)c2C)c1. The van der Waals surface area contributed by atoms with Crippen LogP contribution >= 0.6 is 0 Å². The molecular formula is C22H28N4O5S. The van der Waals surface area contributed by atoms with E-state index in [1.807, 2.05) is 20.8 Å². The molecule has 10 heteroatoms. The maximum absolute atomic E-state index is 12.8. The minimum Gasteiger partial charge on any atom is -0.497 e. The zero-order valence-electron chi connectivity index (χ0n) is 18.9. The van der Waals surface area contributed by atoms with Crippen molar-refractivity contribution in [1.29, 1.82) is 0 Å². The summed E-state index contributed by atoms with van der Waals surface area (Å²) in [5, 5.41) is 18.7. The molecule has 0 saturated carbocycles. The first-order valence-corrected chi connectivity index (χ1v) is 11.4. The van der Waals surface area contributed by atoms with E-state index in [2.05, 4.69) is 15.0 Å². The number of methoxy groups -OCH3 is 2. The maximum atomic E-state index is 12.8. The van der Waals surface area contributed by atoms with Crippen LogP contribution in [-0.4, -0.2) is 42.7 Å². The molecule has 0 aliphatic heterocycles. The third kappa shape index (κ3) is 4.77. The Kier molecular flexibility index (Phi) is 6.59. The molecule has 172 valence electrons. The van der Waals surface area contributed by atoms with Crippen LogP contribution in [0.5, 0.6) is 11.5 Å². The summed E-state index contributed by atoms with van der Waals surface area (Å²) in [6, 6.07) is 11.7. The normalized spacial score (nSPS) is 13.1. The highest BCUT2D eigenvalue weighted by atomic mass is 32.2. The number of hydrogen-bond donors (Lipinski definition) is 2. The van der Waals surface area contributed by atoms with Gasteiger partial charge in [-0.2, -0.15) is 4.72 Å². The van der Waals surface area contributed by atoms with Crippen molar-refractivity contribution in [3.63, 3.8) is 0 Å². The molecule has 0 bridgehead atoms. The van der Waals surface area contributed by atoms with Crippen LogP contribution in [0, 0.1) is 6.92 Å². The van der Waals surface area contributed by atoms with E-state index in [1.165, 1.54) is 31.0 Å². The second-order valence-corrected chi connectivity index (χ2v) is 10.0. The molecule has 0 fully saturated rings. The molecule has 3 rings (SSSR count). The second-order valence-electron chi connectivity index (χ2n) is 8.31. The van der Waals surface area contributed by atoms with Gasteiger partial charge in [0.2, 0.25) is 10.0 Å². The van der Waals surface area contributed by atoms with Crippen molar-refractivity contribution in [2.45, 2.75) is 44.2 Å². The summed E-state index contributed by atoms with van der Waals surface area (Å²) in [7, 11) is -0.928. The smallest absolute Gasteiger partial charge is 0.243 e. The van der Waals surface area contributed by atoms with Crippen molar-refractivity contribution >= 4 is 10.0 Å². The van der Waals surface area contributed by atoms with Gasteiger partial charge in [-0.05, 0) is 42.2 Å². The Morgan fingerprint density at radius 2 is 1.72 bits per heavy atom. The number of hydrogen-bond acceptors (Lipinski definition) is 7. The maximum Gasteiger partial charge on any atom is 0.243 e. The van der Waals surface area contributed by atoms with Crippen molar-refractivity contribution < 1.29 is 23.0 Å². The summed E-state index contributed by atoms with van der Waals surface area (Å²) in [5.74, 6) is 1.09. The lowest BCUT2D eigenvalue weighted by atomic mass is 9.87. The molecule has 0 saturated heterocycles. The first-order chi connectivity index (χ1) is 15.0. The quantitative estimate of drug-likeness (QED) is 0.521. The minimum atomic E-state index is -3.99. The van der Waals surface area contributed by atoms with E-state index in [1.54, 1.807) is 37.3 Å². The second kappa shape index (κ2) is 8.89. The van der Waals surface area contributed by atoms with Gasteiger partial charge in [-0.25, -0.2) is 13.1 Å². The van der Waals surface area contributed by atoms with Gasteiger partial charge in [-0.15, -0.1) is 5.10 Å². The average molecular weight is 461 g/mol. The summed E-state index contributed by atoms with van der Waals surface area (Å²) in [6.07, 6.45) is -1.59. The van der Waals surface area contributed by atoms with E-state index in [0.717, 1.165) is 5.56 Å². The first kappa shape index (κ1) is 23.7. The Bertz CT molecular complexity index is 1200. The largest absolute Gasteiger partial charge is 0.497 e. The predicted molar refractivity (Wildman–Crippen MR) is 120 cm³/mol. The molecule has 2 aromatic carbocycles. The highest BCUT2D eigenvalue weighted by molar-refractivity contribution is 7.89.